The van der Waals surface area contributed by atoms with Crippen LogP contribution in [0.4, 0.5) is 0 Å². The smallest absolute Gasteiger partial charge is 0.255 e. The second-order valence-corrected chi connectivity index (χ2v) is 10.6. The van der Waals surface area contributed by atoms with Crippen molar-refractivity contribution in [2.24, 2.45) is 11.8 Å². The molecule has 1 unspecified atom stereocenters. The van der Waals surface area contributed by atoms with Gasteiger partial charge in [0, 0.05) is 43.4 Å². The molecule has 2 aliphatic rings. The van der Waals surface area contributed by atoms with Crippen molar-refractivity contribution >= 4 is 28.3 Å². The van der Waals surface area contributed by atoms with Gasteiger partial charge in [0.25, 0.3) is 11.8 Å². The van der Waals surface area contributed by atoms with Crippen molar-refractivity contribution in [2.45, 2.75) is 46.5 Å². The van der Waals surface area contributed by atoms with Crippen LogP contribution in [0.25, 0.3) is 16.5 Å². The van der Waals surface area contributed by atoms with E-state index in [1.54, 1.807) is 29.0 Å². The third kappa shape index (κ3) is 4.24. The molecule has 6 rings (SSSR count). The average Bonchev–Trinajstić information content (AvgIpc) is 3.52. The Morgan fingerprint density at radius 3 is 2.76 bits per heavy atom. The molecule has 4 heterocycles. The molecule has 1 aromatic carbocycles. The number of benzene rings is 1. The molecule has 0 spiro atoms. The van der Waals surface area contributed by atoms with Crippen LogP contribution in [0, 0.1) is 25.7 Å². The maximum atomic E-state index is 13.2. The summed E-state index contributed by atoms with van der Waals surface area (Å²) in [4.78, 5) is 28.0. The monoisotopic (exact) mass is 500 g/mol. The van der Waals surface area contributed by atoms with Gasteiger partial charge in [-0.15, -0.1) is 0 Å². The molecular weight excluding hydrogens is 468 g/mol. The first-order chi connectivity index (χ1) is 17.9. The summed E-state index contributed by atoms with van der Waals surface area (Å²) in [5.74, 6) is 2.82. The number of carbonyl (C=O) groups is 2. The predicted octanol–water partition coefficient (Wildman–Crippen LogP) is 5.50. The molecule has 192 valence electrons. The van der Waals surface area contributed by atoms with Gasteiger partial charge in [-0.1, -0.05) is 13.3 Å². The number of amides is 2. The fourth-order valence-electron chi connectivity index (χ4n) is 5.51. The van der Waals surface area contributed by atoms with Crippen molar-refractivity contribution in [1.82, 2.24) is 19.8 Å². The molecule has 1 aliphatic carbocycles. The molecule has 37 heavy (non-hydrogen) atoms. The Kier molecular flexibility index (Phi) is 5.89. The number of furan rings is 1. The van der Waals surface area contributed by atoms with Crippen LogP contribution >= 0.6 is 0 Å². The van der Waals surface area contributed by atoms with Gasteiger partial charge in [0.1, 0.15) is 22.6 Å². The van der Waals surface area contributed by atoms with Crippen LogP contribution in [0.15, 0.2) is 41.1 Å². The van der Waals surface area contributed by atoms with Gasteiger partial charge < -0.3 is 19.4 Å². The molecule has 1 saturated carbocycles. The van der Waals surface area contributed by atoms with Gasteiger partial charge in [-0.25, -0.2) is 4.52 Å². The van der Waals surface area contributed by atoms with Crippen LogP contribution in [0.3, 0.4) is 0 Å². The van der Waals surface area contributed by atoms with Crippen LogP contribution in [0.5, 0.6) is 11.5 Å². The van der Waals surface area contributed by atoms with E-state index in [1.165, 1.54) is 19.3 Å². The van der Waals surface area contributed by atoms with Gasteiger partial charge in [0.05, 0.1) is 17.3 Å². The molecular formula is C29H32N4O4. The molecule has 4 aromatic rings. The van der Waals surface area contributed by atoms with E-state index in [-0.39, 0.29) is 11.8 Å². The first kappa shape index (κ1) is 23.6. The normalized spacial score (nSPS) is 17.9. The Balaban J connectivity index is 1.27. The second-order valence-electron chi connectivity index (χ2n) is 10.6. The number of aromatic nitrogens is 2. The first-order valence-electron chi connectivity index (χ1n) is 13.1. The summed E-state index contributed by atoms with van der Waals surface area (Å²) in [6.45, 7) is 8.20. The number of hydrogen-bond donors (Lipinski definition) is 1. The van der Waals surface area contributed by atoms with E-state index >= 15 is 0 Å². The maximum absolute atomic E-state index is 13.2. The lowest BCUT2D eigenvalue weighted by atomic mass is 9.85. The minimum absolute atomic E-state index is 0.0360. The van der Waals surface area contributed by atoms with Crippen LogP contribution in [-0.4, -0.2) is 46.0 Å². The zero-order chi connectivity index (χ0) is 25.7. The van der Waals surface area contributed by atoms with Gasteiger partial charge in [-0.2, -0.15) is 5.10 Å². The summed E-state index contributed by atoms with van der Waals surface area (Å²) in [5.41, 5.74) is 3.42. The largest absolute Gasteiger partial charge is 0.460 e. The van der Waals surface area contributed by atoms with Crippen LogP contribution in [0.1, 0.15) is 64.6 Å². The highest BCUT2D eigenvalue weighted by Gasteiger charge is 2.28. The summed E-state index contributed by atoms with van der Waals surface area (Å²) < 4.78 is 13.9. The molecule has 1 saturated heterocycles. The van der Waals surface area contributed by atoms with Crippen LogP contribution in [-0.2, 0) is 0 Å². The number of rotatable bonds is 6. The number of nitrogens with one attached hydrogen (secondary N) is 1. The summed E-state index contributed by atoms with van der Waals surface area (Å²) in [7, 11) is 0. The van der Waals surface area contributed by atoms with E-state index in [1.807, 2.05) is 30.9 Å². The number of carbonyl (C=O) groups excluding carboxylic acids is 2. The zero-order valence-electron chi connectivity index (χ0n) is 21.5. The number of fused-ring (bicyclic) bond motifs is 2. The highest BCUT2D eigenvalue weighted by Crippen LogP contribution is 2.34. The van der Waals surface area contributed by atoms with Crippen molar-refractivity contribution in [1.29, 1.82) is 0 Å². The predicted molar refractivity (Wildman–Crippen MR) is 140 cm³/mol. The Morgan fingerprint density at radius 1 is 1.19 bits per heavy atom. The lowest BCUT2D eigenvalue weighted by Crippen LogP contribution is -2.32. The Labute approximate surface area is 215 Å². The minimum Gasteiger partial charge on any atom is -0.460 e. The highest BCUT2D eigenvalue weighted by molar-refractivity contribution is 6.07. The average molecular weight is 501 g/mol. The topological polar surface area (TPSA) is 89.1 Å². The van der Waals surface area contributed by atoms with Gasteiger partial charge >= 0.3 is 0 Å². The van der Waals surface area contributed by atoms with E-state index < -0.39 is 0 Å². The number of aryl methyl sites for hydroxylation is 2. The Bertz CT molecular complexity index is 1510. The zero-order valence-corrected chi connectivity index (χ0v) is 21.5. The SMILES string of the molecule is Cc1oc2cc(Oc3ccnn4cc(C(=O)N5CCC(C)C5)c(C)c34)ccc2c1C(=O)NCC1CCC1. The molecule has 1 aliphatic heterocycles. The van der Waals surface area contributed by atoms with E-state index in [2.05, 4.69) is 17.3 Å². The molecule has 8 nitrogen and oxygen atoms in total. The maximum Gasteiger partial charge on any atom is 0.255 e. The van der Waals surface area contributed by atoms with Gasteiger partial charge in [-0.3, -0.25) is 9.59 Å². The van der Waals surface area contributed by atoms with Crippen LogP contribution in [0.2, 0.25) is 0 Å². The second kappa shape index (κ2) is 9.25. The fourth-order valence-corrected chi connectivity index (χ4v) is 5.51. The van der Waals surface area contributed by atoms with Crippen LogP contribution < -0.4 is 10.1 Å². The van der Waals surface area contributed by atoms with Crippen molar-refractivity contribution in [3.63, 3.8) is 0 Å². The van der Waals surface area contributed by atoms with Gasteiger partial charge in [-0.05, 0) is 62.6 Å². The summed E-state index contributed by atoms with van der Waals surface area (Å²) in [5, 5.41) is 8.25. The molecule has 8 heteroatoms. The quantitative estimate of drug-likeness (QED) is 0.378. The van der Waals surface area contributed by atoms with Gasteiger partial charge in [0.2, 0.25) is 0 Å². The first-order valence-corrected chi connectivity index (χ1v) is 13.1. The molecule has 2 amide bonds. The third-order valence-corrected chi connectivity index (χ3v) is 7.90. The summed E-state index contributed by atoms with van der Waals surface area (Å²) in [6, 6.07) is 7.31. The third-order valence-electron chi connectivity index (χ3n) is 7.90. The molecule has 2 fully saturated rings. The molecule has 0 radical (unpaired) electrons. The van der Waals surface area contributed by atoms with E-state index in [0.717, 1.165) is 36.0 Å². The van der Waals surface area contributed by atoms with E-state index in [9.17, 15) is 9.59 Å². The molecule has 1 atom stereocenters. The Hall–Kier alpha value is -3.81. The standard InChI is InChI=1S/C29H32N4O4/c1-17-10-12-32(15-17)29(35)23-16-33-27(18(23)2)24(9-11-31-33)37-21-7-8-22-25(13-21)36-19(3)26(22)28(34)30-14-20-5-4-6-20/h7-9,11,13,16-17,20H,4-6,10,12,14-15H2,1-3H3,(H,30,34). The number of ether oxygens (including phenoxy) is 1. The van der Waals surface area contributed by atoms with E-state index in [0.29, 0.717) is 52.3 Å². The van der Waals surface area contributed by atoms with Gasteiger partial charge in [0.15, 0.2) is 5.75 Å². The van der Waals surface area contributed by atoms with Crippen molar-refractivity contribution in [3.05, 3.63) is 59.1 Å². The van der Waals surface area contributed by atoms with Crippen molar-refractivity contribution in [2.75, 3.05) is 19.6 Å². The lowest BCUT2D eigenvalue weighted by Gasteiger charge is -2.25. The number of likely N-dealkylation sites (tertiary alicyclic amines) is 1. The van der Waals surface area contributed by atoms with E-state index in [4.69, 9.17) is 9.15 Å². The molecule has 1 N–H and O–H groups in total. The Morgan fingerprint density at radius 2 is 2.03 bits per heavy atom. The lowest BCUT2D eigenvalue weighted by molar-refractivity contribution is 0.0787. The van der Waals surface area contributed by atoms with Crippen molar-refractivity contribution in [3.8, 4) is 11.5 Å². The molecule has 0 bridgehead atoms. The summed E-state index contributed by atoms with van der Waals surface area (Å²) in [6.07, 6.45) is 8.10. The summed E-state index contributed by atoms with van der Waals surface area (Å²) >= 11 is 0. The number of hydrogen-bond acceptors (Lipinski definition) is 5. The van der Waals surface area contributed by atoms with Crippen molar-refractivity contribution < 1.29 is 18.7 Å². The minimum atomic E-state index is -0.0962. The fraction of sp³-hybridized carbons (Fsp3) is 0.414. The molecule has 3 aromatic heterocycles. The number of nitrogens with zero attached hydrogens (tertiary/aromatic N) is 3. The highest BCUT2D eigenvalue weighted by atomic mass is 16.5.